The number of guanidine groups is 1. The summed E-state index contributed by atoms with van der Waals surface area (Å²) in [6.07, 6.45) is 2.04. The summed E-state index contributed by atoms with van der Waals surface area (Å²) < 4.78 is 5.50. The maximum atomic E-state index is 6.05. The molecule has 0 aromatic carbocycles. The molecule has 0 spiro atoms. The first-order valence-electron chi connectivity index (χ1n) is 6.93. The van der Waals surface area contributed by atoms with Crippen LogP contribution in [0.2, 0.25) is 0 Å². The number of ether oxygens (including phenoxy) is 1. The number of rotatable bonds is 4. The Labute approximate surface area is 147 Å². The maximum Gasteiger partial charge on any atom is 0.191 e. The predicted molar refractivity (Wildman–Crippen MR) is 98.4 cm³/mol. The van der Waals surface area contributed by atoms with Gasteiger partial charge in [0.25, 0.3) is 0 Å². The van der Waals surface area contributed by atoms with Crippen LogP contribution in [0, 0.1) is 0 Å². The van der Waals surface area contributed by atoms with Gasteiger partial charge in [0.2, 0.25) is 0 Å². The molecule has 0 aliphatic carbocycles. The molecule has 0 saturated carbocycles. The summed E-state index contributed by atoms with van der Waals surface area (Å²) >= 11 is 1.73. The number of hydrogen-bond acceptors (Lipinski definition) is 4. The Kier molecular flexibility index (Phi) is 8.35. The van der Waals surface area contributed by atoms with Crippen LogP contribution in [0.1, 0.15) is 19.4 Å². The Morgan fingerprint density at radius 3 is 3.14 bits per heavy atom. The van der Waals surface area contributed by atoms with Crippen LogP contribution in [-0.2, 0) is 11.3 Å². The lowest BCUT2D eigenvalue weighted by atomic mass is 10.3. The van der Waals surface area contributed by atoms with Crippen LogP contribution in [0.15, 0.2) is 28.3 Å². The molecule has 1 atom stereocenters. The maximum absolute atomic E-state index is 6.05. The molecule has 0 bridgehead atoms. The molecule has 2 heterocycles. The summed E-state index contributed by atoms with van der Waals surface area (Å²) in [5.74, 6) is 1.62. The number of aromatic nitrogens is 1. The van der Waals surface area contributed by atoms with E-state index in [1.165, 1.54) is 0 Å². The van der Waals surface area contributed by atoms with E-state index in [9.17, 15) is 0 Å². The number of thioether (sulfide) groups is 1. The van der Waals surface area contributed by atoms with Crippen LogP contribution in [0.5, 0.6) is 0 Å². The average molecular weight is 422 g/mol. The number of halogens is 1. The predicted octanol–water partition coefficient (Wildman–Crippen LogP) is 2.35. The molecule has 1 aliphatic rings. The molecule has 1 unspecified atom stereocenters. The molecule has 1 aromatic heterocycles. The molecule has 7 heteroatoms. The normalized spacial score (nSPS) is 19.2. The number of nitrogens with zero attached hydrogens (tertiary/aromatic N) is 3. The van der Waals surface area contributed by atoms with Gasteiger partial charge in [0.1, 0.15) is 0 Å². The second-order valence-electron chi connectivity index (χ2n) is 4.74. The van der Waals surface area contributed by atoms with Crippen LogP contribution in [-0.4, -0.2) is 47.4 Å². The third-order valence-electron chi connectivity index (χ3n) is 3.08. The Morgan fingerprint density at radius 2 is 2.43 bits per heavy atom. The highest BCUT2D eigenvalue weighted by molar-refractivity contribution is 14.0. The van der Waals surface area contributed by atoms with Crippen molar-refractivity contribution in [2.24, 2.45) is 10.7 Å². The van der Waals surface area contributed by atoms with Crippen LogP contribution in [0.4, 0.5) is 0 Å². The molecule has 1 fully saturated rings. The van der Waals surface area contributed by atoms with Crippen molar-refractivity contribution in [3.05, 3.63) is 23.9 Å². The molecular formula is C14H23IN4OS. The van der Waals surface area contributed by atoms with Crippen molar-refractivity contribution >= 4 is 41.7 Å². The lowest BCUT2D eigenvalue weighted by Gasteiger charge is -2.31. The summed E-state index contributed by atoms with van der Waals surface area (Å²) in [7, 11) is 0. The number of aliphatic imine (C=N–C) groups is 1. The molecule has 1 aliphatic heterocycles. The van der Waals surface area contributed by atoms with Crippen LogP contribution >= 0.6 is 35.7 Å². The van der Waals surface area contributed by atoms with E-state index in [0.717, 1.165) is 29.4 Å². The van der Waals surface area contributed by atoms with Gasteiger partial charge in [0, 0.05) is 19.3 Å². The second kappa shape index (κ2) is 9.47. The van der Waals surface area contributed by atoms with Gasteiger partial charge in [-0.25, -0.2) is 9.98 Å². The lowest BCUT2D eigenvalue weighted by molar-refractivity contribution is 0.00529. The number of pyridine rings is 1. The summed E-state index contributed by atoms with van der Waals surface area (Å²) in [5, 5.41) is 1.04. The molecule has 118 valence electrons. The smallest absolute Gasteiger partial charge is 0.191 e. The van der Waals surface area contributed by atoms with Crippen LogP contribution in [0.3, 0.4) is 0 Å². The van der Waals surface area contributed by atoms with Crippen molar-refractivity contribution < 1.29 is 4.74 Å². The van der Waals surface area contributed by atoms with E-state index in [1.54, 1.807) is 11.8 Å². The van der Waals surface area contributed by atoms with E-state index in [4.69, 9.17) is 10.5 Å². The van der Waals surface area contributed by atoms with Gasteiger partial charge in [-0.05, 0) is 30.4 Å². The van der Waals surface area contributed by atoms with Gasteiger partial charge in [-0.1, -0.05) is 6.92 Å². The minimum atomic E-state index is 0. The monoisotopic (exact) mass is 422 g/mol. The van der Waals surface area contributed by atoms with Crippen molar-refractivity contribution in [3.8, 4) is 0 Å². The summed E-state index contributed by atoms with van der Waals surface area (Å²) in [4.78, 5) is 10.9. The van der Waals surface area contributed by atoms with Gasteiger partial charge in [-0.3, -0.25) is 0 Å². The highest BCUT2D eigenvalue weighted by Crippen LogP contribution is 2.16. The zero-order chi connectivity index (χ0) is 14.4. The molecular weight excluding hydrogens is 399 g/mol. The van der Waals surface area contributed by atoms with E-state index in [1.807, 2.05) is 12.3 Å². The lowest BCUT2D eigenvalue weighted by Crippen LogP contribution is -2.47. The largest absolute Gasteiger partial charge is 0.375 e. The van der Waals surface area contributed by atoms with Crippen molar-refractivity contribution in [2.45, 2.75) is 31.5 Å². The first-order chi connectivity index (χ1) is 9.69. The van der Waals surface area contributed by atoms with Gasteiger partial charge in [-0.2, -0.15) is 0 Å². The average Bonchev–Trinajstić information content (AvgIpc) is 2.45. The first-order valence-corrected chi connectivity index (χ1v) is 7.91. The molecule has 2 N–H and O–H groups in total. The van der Waals surface area contributed by atoms with Crippen molar-refractivity contribution in [3.63, 3.8) is 0 Å². The topological polar surface area (TPSA) is 63.7 Å². The quantitative estimate of drug-likeness (QED) is 0.349. The summed E-state index contributed by atoms with van der Waals surface area (Å²) in [5.41, 5.74) is 7.19. The SMILES string of the molecule is CCSc1cc(CN=C(N)N2CCOC(C)C2)ccn1.I. The molecule has 0 radical (unpaired) electrons. The van der Waals surface area contributed by atoms with Crippen molar-refractivity contribution in [1.82, 2.24) is 9.88 Å². The minimum Gasteiger partial charge on any atom is -0.375 e. The number of hydrogen-bond donors (Lipinski definition) is 1. The Bertz CT molecular complexity index is 472. The van der Waals surface area contributed by atoms with Gasteiger partial charge >= 0.3 is 0 Å². The van der Waals surface area contributed by atoms with Gasteiger partial charge in [0.05, 0.1) is 24.3 Å². The summed E-state index contributed by atoms with van der Waals surface area (Å²) in [6, 6.07) is 4.06. The third-order valence-corrected chi connectivity index (χ3v) is 3.89. The van der Waals surface area contributed by atoms with E-state index < -0.39 is 0 Å². The Hall–Kier alpha value is -0.540. The number of morpholine rings is 1. The highest BCUT2D eigenvalue weighted by atomic mass is 127. The number of nitrogens with two attached hydrogens (primary N) is 1. The Balaban J connectivity index is 0.00000220. The minimum absolute atomic E-state index is 0. The fourth-order valence-electron chi connectivity index (χ4n) is 2.07. The van der Waals surface area contributed by atoms with Crippen LogP contribution in [0.25, 0.3) is 0 Å². The second-order valence-corrected chi connectivity index (χ2v) is 6.02. The van der Waals surface area contributed by atoms with E-state index >= 15 is 0 Å². The van der Waals surface area contributed by atoms with Crippen molar-refractivity contribution in [1.29, 1.82) is 0 Å². The van der Waals surface area contributed by atoms with Crippen molar-refractivity contribution in [2.75, 3.05) is 25.4 Å². The van der Waals surface area contributed by atoms with E-state index in [0.29, 0.717) is 19.1 Å². The highest BCUT2D eigenvalue weighted by Gasteiger charge is 2.17. The first kappa shape index (κ1) is 18.5. The standard InChI is InChI=1S/C14H22N4OS.HI/c1-3-20-13-8-12(4-5-16-13)9-17-14(15)18-6-7-19-11(2)10-18;/h4-5,8,11H,3,6-7,9-10H2,1-2H3,(H2,15,17);1H. The molecule has 0 amide bonds. The molecule has 1 saturated heterocycles. The van der Waals surface area contributed by atoms with Gasteiger partial charge in [-0.15, -0.1) is 35.7 Å². The summed E-state index contributed by atoms with van der Waals surface area (Å²) in [6.45, 7) is 7.10. The zero-order valence-electron chi connectivity index (χ0n) is 12.5. The fraction of sp³-hybridized carbons (Fsp3) is 0.571. The fourth-order valence-corrected chi connectivity index (χ4v) is 2.74. The van der Waals surface area contributed by atoms with E-state index in [2.05, 4.69) is 34.8 Å². The molecule has 1 aromatic rings. The van der Waals surface area contributed by atoms with Gasteiger partial charge < -0.3 is 15.4 Å². The molecule has 21 heavy (non-hydrogen) atoms. The zero-order valence-corrected chi connectivity index (χ0v) is 15.6. The van der Waals surface area contributed by atoms with E-state index in [-0.39, 0.29) is 30.1 Å². The third kappa shape index (κ3) is 5.99. The molecule has 5 nitrogen and oxygen atoms in total. The van der Waals surface area contributed by atoms with Gasteiger partial charge in [0.15, 0.2) is 5.96 Å². The molecule has 2 rings (SSSR count). The Morgan fingerprint density at radius 1 is 1.62 bits per heavy atom. The van der Waals surface area contributed by atoms with Crippen LogP contribution < -0.4 is 5.73 Å².